The van der Waals surface area contributed by atoms with E-state index in [0.717, 1.165) is 0 Å². The predicted octanol–water partition coefficient (Wildman–Crippen LogP) is -0.539. The van der Waals surface area contributed by atoms with E-state index in [9.17, 15) is 14.4 Å². The third kappa shape index (κ3) is 4.51. The monoisotopic (exact) mass is 272 g/mol. The lowest BCUT2D eigenvalue weighted by atomic mass is 9.95. The van der Waals surface area contributed by atoms with Gasteiger partial charge in [-0.25, -0.2) is 4.79 Å². The average Bonchev–Trinajstić information content (AvgIpc) is 2.38. The third-order valence-electron chi connectivity index (χ3n) is 3.26. The van der Waals surface area contributed by atoms with Gasteiger partial charge in [0.05, 0.1) is 6.61 Å². The minimum atomic E-state index is -1.11. The van der Waals surface area contributed by atoms with Crippen LogP contribution in [0.5, 0.6) is 0 Å². The molecule has 0 aromatic carbocycles. The van der Waals surface area contributed by atoms with Gasteiger partial charge in [-0.15, -0.1) is 0 Å². The fourth-order valence-corrected chi connectivity index (χ4v) is 2.09. The summed E-state index contributed by atoms with van der Waals surface area (Å²) in [7, 11) is 1.38. The van der Waals surface area contributed by atoms with Crippen LogP contribution >= 0.6 is 0 Å². The van der Waals surface area contributed by atoms with E-state index >= 15 is 0 Å². The number of ether oxygens (including phenoxy) is 1. The highest BCUT2D eigenvalue weighted by Gasteiger charge is 2.29. The summed E-state index contributed by atoms with van der Waals surface area (Å²) in [6, 6.07) is -1.02. The molecule has 0 radical (unpaired) electrons. The van der Waals surface area contributed by atoms with E-state index in [1.54, 1.807) is 4.90 Å². The van der Waals surface area contributed by atoms with E-state index in [2.05, 4.69) is 5.32 Å². The van der Waals surface area contributed by atoms with Crippen LogP contribution in [0.25, 0.3) is 0 Å². The molecular formula is C12H20N2O5. The van der Waals surface area contributed by atoms with Crippen LogP contribution < -0.4 is 5.32 Å². The molecule has 1 unspecified atom stereocenters. The summed E-state index contributed by atoms with van der Waals surface area (Å²) in [5, 5.41) is 11.4. The first-order valence-electron chi connectivity index (χ1n) is 6.23. The number of nitrogens with zero attached hydrogens (tertiary/aromatic N) is 1. The van der Waals surface area contributed by atoms with Crippen LogP contribution in [0.2, 0.25) is 0 Å². The summed E-state index contributed by atoms with van der Waals surface area (Å²) >= 11 is 0. The van der Waals surface area contributed by atoms with Crippen molar-refractivity contribution in [3.8, 4) is 0 Å². The number of hydrogen-bond acceptors (Lipinski definition) is 4. The summed E-state index contributed by atoms with van der Waals surface area (Å²) < 4.78 is 4.75. The first-order chi connectivity index (χ1) is 8.95. The molecule has 108 valence electrons. The normalized spacial score (nSPS) is 17.9. The Bertz CT molecular complexity index is 350. The van der Waals surface area contributed by atoms with Crippen LogP contribution in [0, 0.1) is 5.92 Å². The molecule has 0 saturated carbocycles. The summed E-state index contributed by atoms with van der Waals surface area (Å²) in [5.41, 5.74) is 0. The van der Waals surface area contributed by atoms with Crippen LogP contribution in [0.1, 0.15) is 19.8 Å². The SMILES string of the molecule is COCC(NC(=O)C1CCN(C(C)=O)CC1)C(=O)O. The Morgan fingerprint density at radius 3 is 2.37 bits per heavy atom. The fraction of sp³-hybridized carbons (Fsp3) is 0.750. The van der Waals surface area contributed by atoms with Crippen LogP contribution in [0.3, 0.4) is 0 Å². The Morgan fingerprint density at radius 1 is 1.37 bits per heavy atom. The Labute approximate surface area is 111 Å². The van der Waals surface area contributed by atoms with E-state index < -0.39 is 12.0 Å². The molecular weight excluding hydrogens is 252 g/mol. The topological polar surface area (TPSA) is 95.9 Å². The van der Waals surface area contributed by atoms with E-state index in [-0.39, 0.29) is 24.3 Å². The molecule has 0 bridgehead atoms. The molecule has 2 N–H and O–H groups in total. The highest BCUT2D eigenvalue weighted by Crippen LogP contribution is 2.17. The number of rotatable bonds is 5. The molecule has 1 aliphatic heterocycles. The quantitative estimate of drug-likeness (QED) is 0.701. The lowest BCUT2D eigenvalue weighted by molar-refractivity contribution is -0.144. The molecule has 0 aliphatic carbocycles. The average molecular weight is 272 g/mol. The number of aliphatic carboxylic acids is 1. The number of hydrogen-bond donors (Lipinski definition) is 2. The molecule has 1 aliphatic rings. The van der Waals surface area contributed by atoms with E-state index in [4.69, 9.17) is 9.84 Å². The molecule has 1 saturated heterocycles. The molecule has 0 aromatic heterocycles. The minimum Gasteiger partial charge on any atom is -0.480 e. The van der Waals surface area contributed by atoms with Gasteiger partial charge in [0.2, 0.25) is 11.8 Å². The van der Waals surface area contributed by atoms with Crippen LogP contribution in [-0.4, -0.2) is 60.6 Å². The number of likely N-dealkylation sites (tertiary alicyclic amines) is 1. The summed E-state index contributed by atoms with van der Waals surface area (Å²) in [6.07, 6.45) is 1.12. The van der Waals surface area contributed by atoms with Gasteiger partial charge in [0.1, 0.15) is 0 Å². The number of carboxylic acids is 1. The number of amides is 2. The summed E-state index contributed by atoms with van der Waals surface area (Å²) in [4.78, 5) is 35.7. The van der Waals surface area contributed by atoms with E-state index in [0.29, 0.717) is 25.9 Å². The van der Waals surface area contributed by atoms with Crippen molar-refractivity contribution in [2.75, 3.05) is 26.8 Å². The van der Waals surface area contributed by atoms with Crippen molar-refractivity contribution in [2.24, 2.45) is 5.92 Å². The fourth-order valence-electron chi connectivity index (χ4n) is 2.09. The number of carboxylic acid groups (broad SMARTS) is 1. The van der Waals surface area contributed by atoms with Crippen LogP contribution in [0.4, 0.5) is 0 Å². The minimum absolute atomic E-state index is 0.00153. The zero-order valence-corrected chi connectivity index (χ0v) is 11.2. The highest BCUT2D eigenvalue weighted by atomic mass is 16.5. The Hall–Kier alpha value is -1.63. The van der Waals surface area contributed by atoms with Gasteiger partial charge < -0.3 is 20.1 Å². The summed E-state index contributed by atoms with van der Waals surface area (Å²) in [6.45, 7) is 2.51. The predicted molar refractivity (Wildman–Crippen MR) is 66.4 cm³/mol. The molecule has 0 spiro atoms. The zero-order valence-electron chi connectivity index (χ0n) is 11.2. The number of carbonyl (C=O) groups is 3. The van der Waals surface area contributed by atoms with Gasteiger partial charge in [-0.3, -0.25) is 9.59 Å². The van der Waals surface area contributed by atoms with E-state index in [1.807, 2.05) is 0 Å². The first-order valence-corrected chi connectivity index (χ1v) is 6.23. The maximum absolute atomic E-state index is 11.9. The smallest absolute Gasteiger partial charge is 0.328 e. The molecule has 1 heterocycles. The maximum Gasteiger partial charge on any atom is 0.328 e. The number of carbonyl (C=O) groups excluding carboxylic acids is 2. The van der Waals surface area contributed by atoms with Gasteiger partial charge in [-0.1, -0.05) is 0 Å². The molecule has 1 fully saturated rings. The standard InChI is InChI=1S/C12H20N2O5/c1-8(15)14-5-3-9(4-6-14)11(16)13-10(7-19-2)12(17)18/h9-10H,3-7H2,1-2H3,(H,13,16)(H,17,18). The summed E-state index contributed by atoms with van der Waals surface area (Å²) in [5.74, 6) is -1.64. The van der Waals surface area contributed by atoms with Crippen molar-refractivity contribution < 1.29 is 24.2 Å². The Morgan fingerprint density at radius 2 is 1.95 bits per heavy atom. The molecule has 7 heteroatoms. The van der Waals surface area contributed by atoms with Gasteiger partial charge >= 0.3 is 5.97 Å². The van der Waals surface area contributed by atoms with Crippen molar-refractivity contribution in [2.45, 2.75) is 25.8 Å². The zero-order chi connectivity index (χ0) is 14.4. The van der Waals surface area contributed by atoms with Crippen molar-refractivity contribution in [1.29, 1.82) is 0 Å². The van der Waals surface area contributed by atoms with Crippen LogP contribution in [-0.2, 0) is 19.1 Å². The maximum atomic E-state index is 11.9. The molecule has 1 rings (SSSR count). The lowest BCUT2D eigenvalue weighted by Crippen LogP contribution is -2.48. The molecule has 19 heavy (non-hydrogen) atoms. The second-order valence-corrected chi connectivity index (χ2v) is 4.64. The molecule has 0 aromatic rings. The van der Waals surface area contributed by atoms with Crippen molar-refractivity contribution >= 4 is 17.8 Å². The molecule has 7 nitrogen and oxygen atoms in total. The van der Waals surface area contributed by atoms with Gasteiger partial charge in [0.15, 0.2) is 6.04 Å². The second-order valence-electron chi connectivity index (χ2n) is 4.64. The number of piperidine rings is 1. The second kappa shape index (κ2) is 7.08. The number of nitrogens with one attached hydrogen (secondary N) is 1. The van der Waals surface area contributed by atoms with Crippen molar-refractivity contribution in [3.05, 3.63) is 0 Å². The first kappa shape index (κ1) is 15.4. The third-order valence-corrected chi connectivity index (χ3v) is 3.26. The molecule has 2 amide bonds. The Balaban J connectivity index is 2.46. The number of methoxy groups -OCH3 is 1. The highest BCUT2D eigenvalue weighted by molar-refractivity contribution is 5.85. The van der Waals surface area contributed by atoms with Gasteiger partial charge in [-0.05, 0) is 12.8 Å². The van der Waals surface area contributed by atoms with Gasteiger partial charge in [0.25, 0.3) is 0 Å². The largest absolute Gasteiger partial charge is 0.480 e. The Kier molecular flexibility index (Phi) is 5.75. The lowest BCUT2D eigenvalue weighted by Gasteiger charge is -2.31. The van der Waals surface area contributed by atoms with Crippen molar-refractivity contribution in [3.63, 3.8) is 0 Å². The van der Waals surface area contributed by atoms with Crippen molar-refractivity contribution in [1.82, 2.24) is 10.2 Å². The van der Waals surface area contributed by atoms with Gasteiger partial charge in [-0.2, -0.15) is 0 Å². The molecule has 1 atom stereocenters. The van der Waals surface area contributed by atoms with Gasteiger partial charge in [0, 0.05) is 33.0 Å². The van der Waals surface area contributed by atoms with Crippen LogP contribution in [0.15, 0.2) is 0 Å². The van der Waals surface area contributed by atoms with E-state index in [1.165, 1.54) is 14.0 Å².